The van der Waals surface area contributed by atoms with Crippen LogP contribution in [0.15, 0.2) is 72.8 Å². The third kappa shape index (κ3) is 6.47. The lowest BCUT2D eigenvalue weighted by atomic mass is 10.1. The summed E-state index contributed by atoms with van der Waals surface area (Å²) in [6.45, 7) is 3.64. The molecule has 3 aromatic carbocycles. The fourth-order valence-electron chi connectivity index (χ4n) is 3.19. The quantitative estimate of drug-likeness (QED) is 0.433. The van der Waals surface area contributed by atoms with Crippen LogP contribution in [-0.2, 0) is 19.1 Å². The summed E-state index contributed by atoms with van der Waals surface area (Å²) >= 11 is 0. The lowest BCUT2D eigenvalue weighted by Crippen LogP contribution is -2.48. The van der Waals surface area contributed by atoms with Gasteiger partial charge in [-0.15, -0.1) is 0 Å². The summed E-state index contributed by atoms with van der Waals surface area (Å²) in [7, 11) is 1.39. The van der Waals surface area contributed by atoms with Crippen molar-refractivity contribution >= 4 is 29.5 Å². The SMILES string of the molecule is COc1ccccc1NC(=O)[C@H](OC(=O)c1ccc(C)cc1)[C@H](OC(=O)c1ccc(C)cc1)C(=O)O. The second-order valence-electron chi connectivity index (χ2n) is 7.91. The van der Waals surface area contributed by atoms with Crippen molar-refractivity contribution in [2.75, 3.05) is 12.4 Å². The smallest absolute Gasteiger partial charge is 0.349 e. The maximum Gasteiger partial charge on any atom is 0.349 e. The Hall–Kier alpha value is -4.66. The van der Waals surface area contributed by atoms with E-state index in [-0.39, 0.29) is 22.6 Å². The molecule has 0 heterocycles. The molecule has 3 rings (SSSR count). The second kappa shape index (κ2) is 11.7. The number of benzene rings is 3. The normalized spacial score (nSPS) is 12.1. The number of hydrogen-bond acceptors (Lipinski definition) is 7. The highest BCUT2D eigenvalue weighted by Crippen LogP contribution is 2.24. The fourth-order valence-corrected chi connectivity index (χ4v) is 3.19. The molecular weight excluding hydrogens is 466 g/mol. The van der Waals surface area contributed by atoms with Gasteiger partial charge in [0.2, 0.25) is 12.2 Å². The number of nitrogens with one attached hydrogen (secondary N) is 1. The van der Waals surface area contributed by atoms with Crippen LogP contribution in [0.25, 0.3) is 0 Å². The van der Waals surface area contributed by atoms with Crippen molar-refractivity contribution in [3.8, 4) is 5.75 Å². The van der Waals surface area contributed by atoms with Gasteiger partial charge in [-0.3, -0.25) is 4.79 Å². The summed E-state index contributed by atoms with van der Waals surface area (Å²) < 4.78 is 15.7. The van der Waals surface area contributed by atoms with Crippen LogP contribution in [0.1, 0.15) is 31.8 Å². The first-order valence-corrected chi connectivity index (χ1v) is 10.9. The van der Waals surface area contributed by atoms with Crippen LogP contribution in [0, 0.1) is 13.8 Å². The number of carboxylic acids is 1. The van der Waals surface area contributed by atoms with E-state index in [1.165, 1.54) is 37.4 Å². The van der Waals surface area contributed by atoms with Gasteiger partial charge in [-0.1, -0.05) is 47.5 Å². The molecule has 3 aromatic rings. The minimum atomic E-state index is -2.14. The van der Waals surface area contributed by atoms with Gasteiger partial charge in [0.25, 0.3) is 5.91 Å². The number of esters is 2. The van der Waals surface area contributed by atoms with E-state index in [2.05, 4.69) is 5.32 Å². The van der Waals surface area contributed by atoms with Crippen LogP contribution in [0.5, 0.6) is 5.75 Å². The molecule has 186 valence electrons. The summed E-state index contributed by atoms with van der Waals surface area (Å²) in [5, 5.41) is 12.3. The van der Waals surface area contributed by atoms with E-state index in [4.69, 9.17) is 14.2 Å². The van der Waals surface area contributed by atoms with Crippen molar-refractivity contribution in [2.24, 2.45) is 0 Å². The molecule has 0 aliphatic rings. The maximum absolute atomic E-state index is 13.2. The number of anilines is 1. The first-order chi connectivity index (χ1) is 17.2. The van der Waals surface area contributed by atoms with Crippen LogP contribution in [0.2, 0.25) is 0 Å². The van der Waals surface area contributed by atoms with Gasteiger partial charge in [0.15, 0.2) is 0 Å². The molecule has 0 aromatic heterocycles. The number of carbonyl (C=O) groups is 4. The number of methoxy groups -OCH3 is 1. The summed E-state index contributed by atoms with van der Waals surface area (Å²) in [5.41, 5.74) is 2.12. The van der Waals surface area contributed by atoms with Gasteiger partial charge in [0.05, 0.1) is 23.9 Å². The van der Waals surface area contributed by atoms with Gasteiger partial charge in [0.1, 0.15) is 5.75 Å². The zero-order chi connectivity index (χ0) is 26.2. The minimum Gasteiger partial charge on any atom is -0.495 e. The monoisotopic (exact) mass is 491 g/mol. The van der Waals surface area contributed by atoms with Crippen molar-refractivity contribution in [3.63, 3.8) is 0 Å². The maximum atomic E-state index is 13.2. The van der Waals surface area contributed by atoms with Crippen LogP contribution in [-0.4, -0.2) is 48.2 Å². The van der Waals surface area contributed by atoms with Crippen molar-refractivity contribution in [2.45, 2.75) is 26.1 Å². The molecule has 0 aliphatic heterocycles. The van der Waals surface area contributed by atoms with Gasteiger partial charge in [0, 0.05) is 0 Å². The first-order valence-electron chi connectivity index (χ1n) is 10.9. The number of amides is 1. The van der Waals surface area contributed by atoms with Gasteiger partial charge in [-0.2, -0.15) is 0 Å². The summed E-state index contributed by atoms with van der Waals surface area (Å²) in [6.07, 6.45) is -4.15. The zero-order valence-electron chi connectivity index (χ0n) is 19.9. The highest BCUT2D eigenvalue weighted by molar-refractivity contribution is 6.02. The molecule has 0 saturated carbocycles. The van der Waals surface area contributed by atoms with E-state index in [0.717, 1.165) is 11.1 Å². The highest BCUT2D eigenvalue weighted by Gasteiger charge is 2.41. The van der Waals surface area contributed by atoms with Gasteiger partial charge < -0.3 is 24.6 Å². The second-order valence-corrected chi connectivity index (χ2v) is 7.91. The number of para-hydroxylation sites is 2. The topological polar surface area (TPSA) is 128 Å². The van der Waals surface area contributed by atoms with E-state index in [0.29, 0.717) is 0 Å². The van der Waals surface area contributed by atoms with E-state index >= 15 is 0 Å². The molecule has 1 amide bonds. The third-order valence-electron chi connectivity index (χ3n) is 5.18. The molecule has 0 radical (unpaired) electrons. The Bertz CT molecular complexity index is 1250. The molecule has 9 heteroatoms. The van der Waals surface area contributed by atoms with Crippen molar-refractivity contribution in [1.29, 1.82) is 0 Å². The van der Waals surface area contributed by atoms with Crippen LogP contribution in [0.4, 0.5) is 5.69 Å². The van der Waals surface area contributed by atoms with Crippen molar-refractivity contribution in [3.05, 3.63) is 95.1 Å². The first kappa shape index (κ1) is 26.0. The summed E-state index contributed by atoms with van der Waals surface area (Å²) in [5.74, 6) is -4.37. The Morgan fingerprint density at radius 1 is 0.722 bits per heavy atom. The largest absolute Gasteiger partial charge is 0.495 e. The van der Waals surface area contributed by atoms with Crippen molar-refractivity contribution < 1.29 is 38.5 Å². The van der Waals surface area contributed by atoms with Gasteiger partial charge >= 0.3 is 17.9 Å². The van der Waals surface area contributed by atoms with Crippen LogP contribution in [0.3, 0.4) is 0 Å². The average molecular weight is 491 g/mol. The Kier molecular flexibility index (Phi) is 8.40. The molecule has 0 unspecified atom stereocenters. The molecular formula is C27H25NO8. The minimum absolute atomic E-state index is 0.0700. The standard InChI is InChI=1S/C27H25NO8/c1-16-8-12-18(13-9-16)26(32)35-22(24(29)28-20-6-4-5-7-21(20)34-3)23(25(30)31)36-27(33)19-14-10-17(2)11-15-19/h4-15,22-23H,1-3H3,(H,28,29)(H,30,31)/t22-,23+/m1/s1. The lowest BCUT2D eigenvalue weighted by molar-refractivity contribution is -0.157. The van der Waals surface area contributed by atoms with E-state index in [9.17, 15) is 24.3 Å². The Morgan fingerprint density at radius 2 is 1.19 bits per heavy atom. The molecule has 0 fully saturated rings. The van der Waals surface area contributed by atoms with E-state index in [1.54, 1.807) is 42.5 Å². The molecule has 0 aliphatic carbocycles. The van der Waals surface area contributed by atoms with Crippen molar-refractivity contribution in [1.82, 2.24) is 0 Å². The molecule has 0 bridgehead atoms. The van der Waals surface area contributed by atoms with E-state index in [1.807, 2.05) is 13.8 Å². The molecule has 0 saturated heterocycles. The Balaban J connectivity index is 1.93. The lowest BCUT2D eigenvalue weighted by Gasteiger charge is -2.24. The third-order valence-corrected chi connectivity index (χ3v) is 5.18. The molecule has 36 heavy (non-hydrogen) atoms. The number of carbonyl (C=O) groups excluding carboxylic acids is 3. The molecule has 0 spiro atoms. The summed E-state index contributed by atoms with van der Waals surface area (Å²) in [4.78, 5) is 50.8. The molecule has 9 nitrogen and oxygen atoms in total. The van der Waals surface area contributed by atoms with Gasteiger partial charge in [-0.25, -0.2) is 14.4 Å². The zero-order valence-corrected chi connectivity index (χ0v) is 19.9. The predicted molar refractivity (Wildman–Crippen MR) is 130 cm³/mol. The highest BCUT2D eigenvalue weighted by atomic mass is 16.6. The Morgan fingerprint density at radius 3 is 1.67 bits per heavy atom. The average Bonchev–Trinajstić information content (AvgIpc) is 2.86. The molecule has 2 atom stereocenters. The fraction of sp³-hybridized carbons (Fsp3) is 0.185. The summed E-state index contributed by atoms with van der Waals surface area (Å²) in [6, 6.07) is 18.9. The van der Waals surface area contributed by atoms with Gasteiger partial charge in [-0.05, 0) is 50.2 Å². The number of carboxylic acid groups (broad SMARTS) is 1. The number of rotatable bonds is 9. The number of ether oxygens (including phenoxy) is 3. The van der Waals surface area contributed by atoms with Crippen LogP contribution < -0.4 is 10.1 Å². The van der Waals surface area contributed by atoms with E-state index < -0.39 is 36.0 Å². The number of aryl methyl sites for hydroxylation is 2. The molecule has 2 N–H and O–H groups in total. The number of aliphatic carboxylic acids is 1. The Labute approximate surface area is 207 Å². The predicted octanol–water partition coefficient (Wildman–Crippen LogP) is 3.79. The van der Waals surface area contributed by atoms with Crippen LogP contribution >= 0.6 is 0 Å². The number of hydrogen-bond donors (Lipinski definition) is 2.